The second kappa shape index (κ2) is 8.47. The molecule has 0 saturated carbocycles. The molecule has 114 valence electrons. The van der Waals surface area contributed by atoms with Crippen LogP contribution in [0.1, 0.15) is 31.7 Å². The van der Waals surface area contributed by atoms with E-state index < -0.39 is 0 Å². The van der Waals surface area contributed by atoms with Crippen LogP contribution in [0.2, 0.25) is 0 Å². The zero-order valence-corrected chi connectivity index (χ0v) is 12.4. The van der Waals surface area contributed by atoms with E-state index in [-0.39, 0.29) is 12.1 Å². The molecule has 0 bridgehead atoms. The molecule has 1 unspecified atom stereocenters. The quantitative estimate of drug-likeness (QED) is 0.596. The summed E-state index contributed by atoms with van der Waals surface area (Å²) in [7, 11) is 0. The number of carbonyl (C=O) groups is 1. The first-order valence-electron chi connectivity index (χ1n) is 7.47. The van der Waals surface area contributed by atoms with E-state index in [1.165, 1.54) is 6.08 Å². The summed E-state index contributed by atoms with van der Waals surface area (Å²) in [4.78, 5) is 11.6. The van der Waals surface area contributed by atoms with Gasteiger partial charge in [0, 0.05) is 12.7 Å². The Labute approximate surface area is 125 Å². The molecule has 1 aromatic carbocycles. The first-order valence-corrected chi connectivity index (χ1v) is 7.47. The van der Waals surface area contributed by atoms with Crippen LogP contribution in [0.15, 0.2) is 30.3 Å². The van der Waals surface area contributed by atoms with Crippen molar-refractivity contribution in [3.63, 3.8) is 0 Å². The van der Waals surface area contributed by atoms with Crippen LogP contribution in [0.4, 0.5) is 0 Å². The van der Waals surface area contributed by atoms with Gasteiger partial charge in [0.25, 0.3) is 0 Å². The Morgan fingerprint density at radius 2 is 2.14 bits per heavy atom. The van der Waals surface area contributed by atoms with Crippen LogP contribution in [0.5, 0.6) is 5.75 Å². The Morgan fingerprint density at radius 1 is 1.33 bits per heavy atom. The molecule has 1 aliphatic heterocycles. The van der Waals surface area contributed by atoms with E-state index >= 15 is 0 Å². The number of ether oxygens (including phenoxy) is 3. The summed E-state index contributed by atoms with van der Waals surface area (Å²) < 4.78 is 16.1. The summed E-state index contributed by atoms with van der Waals surface area (Å²) in [5.74, 6) is 0.490. The van der Waals surface area contributed by atoms with Gasteiger partial charge in [-0.25, -0.2) is 4.79 Å². The lowest BCUT2D eigenvalue weighted by molar-refractivity contribution is -0.143. The van der Waals surface area contributed by atoms with Gasteiger partial charge >= 0.3 is 5.97 Å². The molecule has 0 amide bonds. The van der Waals surface area contributed by atoms with E-state index in [1.807, 2.05) is 31.2 Å². The highest BCUT2D eigenvalue weighted by Crippen LogP contribution is 2.14. The molecule has 1 atom stereocenters. The maximum atomic E-state index is 11.6. The lowest BCUT2D eigenvalue weighted by Crippen LogP contribution is -2.25. The largest absolute Gasteiger partial charge is 0.494 e. The fourth-order valence-electron chi connectivity index (χ4n) is 2.17. The van der Waals surface area contributed by atoms with Crippen LogP contribution in [-0.2, 0) is 14.3 Å². The van der Waals surface area contributed by atoms with Crippen molar-refractivity contribution in [2.75, 3.05) is 19.8 Å². The first-order chi connectivity index (χ1) is 10.3. The van der Waals surface area contributed by atoms with E-state index in [1.54, 1.807) is 6.08 Å². The van der Waals surface area contributed by atoms with Gasteiger partial charge < -0.3 is 14.2 Å². The summed E-state index contributed by atoms with van der Waals surface area (Å²) >= 11 is 0. The number of esters is 1. The Bertz CT molecular complexity index is 458. The third kappa shape index (κ3) is 5.60. The van der Waals surface area contributed by atoms with E-state index in [0.717, 1.165) is 37.2 Å². The zero-order valence-electron chi connectivity index (χ0n) is 12.4. The van der Waals surface area contributed by atoms with Crippen molar-refractivity contribution < 1.29 is 19.0 Å². The standard InChI is InChI=1S/C17H22O4/c1-2-19-15-9-6-14(7-10-15)8-11-17(18)21-13-16-5-3-4-12-20-16/h6-11,16H,2-5,12-13H2,1H3. The van der Waals surface area contributed by atoms with Crippen LogP contribution in [0.3, 0.4) is 0 Å². The van der Waals surface area contributed by atoms with Gasteiger partial charge in [0.15, 0.2) is 0 Å². The Kier molecular flexibility index (Phi) is 6.28. The molecule has 21 heavy (non-hydrogen) atoms. The molecule has 4 heteroatoms. The van der Waals surface area contributed by atoms with Gasteiger partial charge in [0.1, 0.15) is 12.4 Å². The van der Waals surface area contributed by atoms with Crippen molar-refractivity contribution in [3.05, 3.63) is 35.9 Å². The van der Waals surface area contributed by atoms with Gasteiger partial charge in [0.05, 0.1) is 12.7 Å². The monoisotopic (exact) mass is 290 g/mol. The number of benzene rings is 1. The molecule has 1 aromatic rings. The van der Waals surface area contributed by atoms with Crippen molar-refractivity contribution in [2.24, 2.45) is 0 Å². The van der Waals surface area contributed by atoms with Gasteiger partial charge in [-0.3, -0.25) is 0 Å². The summed E-state index contributed by atoms with van der Waals surface area (Å²) in [6, 6.07) is 7.56. The highest BCUT2D eigenvalue weighted by molar-refractivity contribution is 5.87. The molecule has 1 heterocycles. The summed E-state index contributed by atoms with van der Waals surface area (Å²) in [6.07, 6.45) is 6.45. The third-order valence-corrected chi connectivity index (χ3v) is 3.29. The lowest BCUT2D eigenvalue weighted by Gasteiger charge is -2.21. The minimum atomic E-state index is -0.335. The van der Waals surface area contributed by atoms with Crippen LogP contribution in [0, 0.1) is 0 Å². The Hall–Kier alpha value is -1.81. The highest BCUT2D eigenvalue weighted by Gasteiger charge is 2.15. The molecule has 1 saturated heterocycles. The lowest BCUT2D eigenvalue weighted by atomic mass is 10.1. The SMILES string of the molecule is CCOc1ccc(C=CC(=O)OCC2CCCCO2)cc1. The molecular formula is C17H22O4. The van der Waals surface area contributed by atoms with Gasteiger partial charge in [-0.1, -0.05) is 12.1 Å². The summed E-state index contributed by atoms with van der Waals surface area (Å²) in [6.45, 7) is 3.70. The molecule has 0 radical (unpaired) electrons. The van der Waals surface area contributed by atoms with Crippen molar-refractivity contribution in [3.8, 4) is 5.75 Å². The maximum Gasteiger partial charge on any atom is 0.330 e. The van der Waals surface area contributed by atoms with Crippen molar-refractivity contribution in [1.29, 1.82) is 0 Å². The van der Waals surface area contributed by atoms with E-state index in [4.69, 9.17) is 14.2 Å². The fraction of sp³-hybridized carbons (Fsp3) is 0.471. The molecule has 4 nitrogen and oxygen atoms in total. The summed E-state index contributed by atoms with van der Waals surface area (Å²) in [5.41, 5.74) is 0.935. The molecule has 1 aliphatic rings. The predicted octanol–water partition coefficient (Wildman–Crippen LogP) is 3.21. The molecule has 0 spiro atoms. The molecule has 0 aliphatic carbocycles. The van der Waals surface area contributed by atoms with Crippen LogP contribution in [-0.4, -0.2) is 31.9 Å². The van der Waals surface area contributed by atoms with Crippen molar-refractivity contribution >= 4 is 12.0 Å². The average molecular weight is 290 g/mol. The summed E-state index contributed by atoms with van der Waals surface area (Å²) in [5, 5.41) is 0. The normalized spacial score (nSPS) is 18.6. The van der Waals surface area contributed by atoms with E-state index in [2.05, 4.69) is 0 Å². The molecule has 1 fully saturated rings. The van der Waals surface area contributed by atoms with Crippen molar-refractivity contribution in [2.45, 2.75) is 32.3 Å². The number of hydrogen-bond donors (Lipinski definition) is 0. The Balaban J connectivity index is 1.75. The van der Waals surface area contributed by atoms with Gasteiger partial charge in [0.2, 0.25) is 0 Å². The highest BCUT2D eigenvalue weighted by atomic mass is 16.6. The number of carbonyl (C=O) groups excluding carboxylic acids is 1. The second-order valence-corrected chi connectivity index (χ2v) is 4.95. The van der Waals surface area contributed by atoms with E-state index in [0.29, 0.717) is 13.2 Å². The minimum absolute atomic E-state index is 0.0570. The van der Waals surface area contributed by atoms with E-state index in [9.17, 15) is 4.79 Å². The zero-order chi connectivity index (χ0) is 14.9. The molecule has 2 rings (SSSR count). The average Bonchev–Trinajstić information content (AvgIpc) is 2.53. The van der Waals surface area contributed by atoms with Crippen LogP contribution >= 0.6 is 0 Å². The second-order valence-electron chi connectivity index (χ2n) is 4.95. The van der Waals surface area contributed by atoms with Crippen LogP contribution < -0.4 is 4.74 Å². The number of hydrogen-bond acceptors (Lipinski definition) is 4. The van der Waals surface area contributed by atoms with Crippen LogP contribution in [0.25, 0.3) is 6.08 Å². The first kappa shape index (κ1) is 15.6. The molecular weight excluding hydrogens is 268 g/mol. The maximum absolute atomic E-state index is 11.6. The van der Waals surface area contributed by atoms with Gasteiger partial charge in [-0.2, -0.15) is 0 Å². The topological polar surface area (TPSA) is 44.8 Å². The molecule has 0 aromatic heterocycles. The predicted molar refractivity (Wildman–Crippen MR) is 81.2 cm³/mol. The minimum Gasteiger partial charge on any atom is -0.494 e. The smallest absolute Gasteiger partial charge is 0.330 e. The number of rotatable bonds is 6. The van der Waals surface area contributed by atoms with Gasteiger partial charge in [-0.05, 0) is 50.0 Å². The third-order valence-electron chi connectivity index (χ3n) is 3.29. The van der Waals surface area contributed by atoms with Crippen molar-refractivity contribution in [1.82, 2.24) is 0 Å². The Morgan fingerprint density at radius 3 is 2.81 bits per heavy atom. The fourth-order valence-corrected chi connectivity index (χ4v) is 2.17. The van der Waals surface area contributed by atoms with Gasteiger partial charge in [-0.15, -0.1) is 0 Å². The molecule has 0 N–H and O–H groups in total.